The zero-order valence-electron chi connectivity index (χ0n) is 13.5. The smallest absolute Gasteiger partial charge is 0.320 e. The van der Waals surface area contributed by atoms with Crippen molar-refractivity contribution in [3.8, 4) is 11.8 Å². The molecule has 2 N–H and O–H groups in total. The molecule has 0 fully saturated rings. The second-order valence-electron chi connectivity index (χ2n) is 5.04. The number of urea groups is 1. The largest absolute Gasteiger partial charge is 0.490 e. The molecule has 0 bridgehead atoms. The number of nitriles is 1. The Kier molecular flexibility index (Phi) is 6.53. The number of aryl methyl sites for hydroxylation is 1. The van der Waals surface area contributed by atoms with Gasteiger partial charge in [0.15, 0.2) is 11.6 Å². The number of rotatable bonds is 7. The van der Waals surface area contributed by atoms with Gasteiger partial charge in [-0.25, -0.2) is 9.78 Å². The topological polar surface area (TPSA) is 99.9 Å². The van der Waals surface area contributed by atoms with Gasteiger partial charge >= 0.3 is 6.03 Å². The van der Waals surface area contributed by atoms with E-state index in [0.717, 1.165) is 11.4 Å². The highest BCUT2D eigenvalue weighted by Gasteiger charge is 2.09. The SMILES string of the molecule is Cc1cccc(CNC(=O)Nc2ncccc2OCCCC#N)n1. The third kappa shape index (κ3) is 5.57. The summed E-state index contributed by atoms with van der Waals surface area (Å²) in [5.74, 6) is 0.809. The Labute approximate surface area is 140 Å². The van der Waals surface area contributed by atoms with Crippen LogP contribution in [0.15, 0.2) is 36.5 Å². The molecule has 124 valence electrons. The first-order chi connectivity index (χ1) is 11.7. The van der Waals surface area contributed by atoms with Gasteiger partial charge in [0.2, 0.25) is 0 Å². The summed E-state index contributed by atoms with van der Waals surface area (Å²) in [6, 6.07) is 10.7. The number of nitrogens with one attached hydrogen (secondary N) is 2. The van der Waals surface area contributed by atoms with Crippen LogP contribution in [0.1, 0.15) is 24.2 Å². The van der Waals surface area contributed by atoms with Crippen molar-refractivity contribution >= 4 is 11.8 Å². The molecule has 0 radical (unpaired) electrons. The maximum absolute atomic E-state index is 12.0. The van der Waals surface area contributed by atoms with Crippen molar-refractivity contribution in [1.82, 2.24) is 15.3 Å². The molecule has 2 aromatic heterocycles. The number of carbonyl (C=O) groups excluding carboxylic acids is 1. The number of amides is 2. The maximum Gasteiger partial charge on any atom is 0.320 e. The Bertz CT molecular complexity index is 727. The average Bonchev–Trinajstić information content (AvgIpc) is 2.58. The van der Waals surface area contributed by atoms with Gasteiger partial charge in [-0.3, -0.25) is 10.3 Å². The predicted molar refractivity (Wildman–Crippen MR) is 89.4 cm³/mol. The Morgan fingerprint density at radius 2 is 2.21 bits per heavy atom. The van der Waals surface area contributed by atoms with Crippen LogP contribution in [-0.2, 0) is 6.54 Å². The molecule has 0 aliphatic rings. The van der Waals surface area contributed by atoms with Gasteiger partial charge in [-0.15, -0.1) is 0 Å². The summed E-state index contributed by atoms with van der Waals surface area (Å²) in [5.41, 5.74) is 1.67. The summed E-state index contributed by atoms with van der Waals surface area (Å²) in [5, 5.41) is 13.9. The van der Waals surface area contributed by atoms with Gasteiger partial charge in [-0.05, 0) is 37.6 Å². The molecule has 0 saturated carbocycles. The van der Waals surface area contributed by atoms with E-state index in [9.17, 15) is 4.79 Å². The van der Waals surface area contributed by atoms with E-state index in [1.807, 2.05) is 25.1 Å². The molecule has 0 aromatic carbocycles. The molecule has 2 amide bonds. The Morgan fingerprint density at radius 3 is 3.00 bits per heavy atom. The first kappa shape index (κ1) is 17.2. The molecule has 0 unspecified atom stereocenters. The van der Waals surface area contributed by atoms with Gasteiger partial charge in [0.25, 0.3) is 0 Å². The molecule has 0 atom stereocenters. The molecule has 0 aliphatic carbocycles. The monoisotopic (exact) mass is 325 g/mol. The summed E-state index contributed by atoms with van der Waals surface area (Å²) in [6.07, 6.45) is 2.61. The van der Waals surface area contributed by atoms with Gasteiger partial charge in [0.05, 0.1) is 24.9 Å². The van der Waals surface area contributed by atoms with Crippen LogP contribution in [0.2, 0.25) is 0 Å². The van der Waals surface area contributed by atoms with Crippen LogP contribution < -0.4 is 15.4 Å². The molecule has 0 spiro atoms. The molecule has 0 saturated heterocycles. The summed E-state index contributed by atoms with van der Waals surface area (Å²) >= 11 is 0. The molecule has 2 heterocycles. The number of nitrogens with zero attached hydrogens (tertiary/aromatic N) is 3. The minimum atomic E-state index is -0.390. The van der Waals surface area contributed by atoms with Crippen LogP contribution in [0.25, 0.3) is 0 Å². The normalized spacial score (nSPS) is 9.83. The molecular weight excluding hydrogens is 306 g/mol. The molecule has 2 rings (SSSR count). The van der Waals surface area contributed by atoms with E-state index in [4.69, 9.17) is 10.00 Å². The van der Waals surface area contributed by atoms with Crippen molar-refractivity contribution < 1.29 is 9.53 Å². The number of pyridine rings is 2. The van der Waals surface area contributed by atoms with Crippen molar-refractivity contribution in [2.45, 2.75) is 26.3 Å². The van der Waals surface area contributed by atoms with Crippen molar-refractivity contribution in [1.29, 1.82) is 5.26 Å². The number of carbonyl (C=O) groups is 1. The molecular formula is C17H19N5O2. The molecule has 24 heavy (non-hydrogen) atoms. The van der Waals surface area contributed by atoms with Gasteiger partial charge in [0, 0.05) is 18.3 Å². The van der Waals surface area contributed by atoms with E-state index in [2.05, 4.69) is 26.7 Å². The average molecular weight is 325 g/mol. The number of unbranched alkanes of at least 4 members (excludes halogenated alkanes) is 1. The fourth-order valence-electron chi connectivity index (χ4n) is 1.95. The summed E-state index contributed by atoms with van der Waals surface area (Å²) in [6.45, 7) is 2.61. The van der Waals surface area contributed by atoms with E-state index in [1.54, 1.807) is 18.3 Å². The Hall–Kier alpha value is -3.14. The second kappa shape index (κ2) is 9.10. The van der Waals surface area contributed by atoms with Crippen LogP contribution in [0.3, 0.4) is 0 Å². The molecule has 0 aliphatic heterocycles. The number of aromatic nitrogens is 2. The van der Waals surface area contributed by atoms with Gasteiger partial charge in [-0.1, -0.05) is 6.07 Å². The van der Waals surface area contributed by atoms with E-state index >= 15 is 0 Å². The highest BCUT2D eigenvalue weighted by atomic mass is 16.5. The first-order valence-electron chi connectivity index (χ1n) is 7.61. The third-order valence-corrected chi connectivity index (χ3v) is 3.07. The lowest BCUT2D eigenvalue weighted by molar-refractivity contribution is 0.251. The van der Waals surface area contributed by atoms with Crippen LogP contribution in [0, 0.1) is 18.3 Å². The Morgan fingerprint density at radius 1 is 1.33 bits per heavy atom. The minimum absolute atomic E-state index is 0.318. The Balaban J connectivity index is 1.88. The zero-order chi connectivity index (χ0) is 17.2. The van der Waals surface area contributed by atoms with Gasteiger partial charge < -0.3 is 10.1 Å². The highest BCUT2D eigenvalue weighted by Crippen LogP contribution is 2.20. The maximum atomic E-state index is 12.0. The fourth-order valence-corrected chi connectivity index (χ4v) is 1.95. The predicted octanol–water partition coefficient (Wildman–Crippen LogP) is 2.79. The van der Waals surface area contributed by atoms with Crippen molar-refractivity contribution in [3.05, 3.63) is 47.9 Å². The summed E-state index contributed by atoms with van der Waals surface area (Å²) in [7, 11) is 0. The van der Waals surface area contributed by atoms with E-state index in [1.165, 1.54) is 0 Å². The number of hydrogen-bond donors (Lipinski definition) is 2. The quantitative estimate of drug-likeness (QED) is 0.762. The number of hydrogen-bond acceptors (Lipinski definition) is 5. The standard InChI is InChI=1S/C17H19N5O2/c1-13-6-4-7-14(21-13)12-20-17(23)22-16-15(8-5-10-19-16)24-11-3-2-9-18/h4-8,10H,2-3,11-12H2,1H3,(H2,19,20,22,23). The number of anilines is 1. The van der Waals surface area contributed by atoms with Crippen molar-refractivity contribution in [2.24, 2.45) is 0 Å². The summed E-state index contributed by atoms with van der Waals surface area (Å²) < 4.78 is 5.55. The molecule has 7 nitrogen and oxygen atoms in total. The summed E-state index contributed by atoms with van der Waals surface area (Å²) in [4.78, 5) is 20.4. The first-order valence-corrected chi connectivity index (χ1v) is 7.61. The zero-order valence-corrected chi connectivity index (χ0v) is 13.5. The molecule has 7 heteroatoms. The van der Waals surface area contributed by atoms with Crippen LogP contribution in [0.5, 0.6) is 5.75 Å². The third-order valence-electron chi connectivity index (χ3n) is 3.07. The second-order valence-corrected chi connectivity index (χ2v) is 5.04. The van der Waals surface area contributed by atoms with Crippen LogP contribution >= 0.6 is 0 Å². The van der Waals surface area contributed by atoms with Gasteiger partial charge in [0.1, 0.15) is 0 Å². The lowest BCUT2D eigenvalue weighted by Crippen LogP contribution is -2.29. The van der Waals surface area contributed by atoms with Crippen LogP contribution in [0.4, 0.5) is 10.6 Å². The van der Waals surface area contributed by atoms with E-state index in [0.29, 0.717) is 37.6 Å². The van der Waals surface area contributed by atoms with Gasteiger partial charge in [-0.2, -0.15) is 5.26 Å². The minimum Gasteiger partial charge on any atom is -0.490 e. The lowest BCUT2D eigenvalue weighted by Gasteiger charge is -2.11. The number of ether oxygens (including phenoxy) is 1. The highest BCUT2D eigenvalue weighted by molar-refractivity contribution is 5.89. The van der Waals surface area contributed by atoms with Crippen LogP contribution in [-0.4, -0.2) is 22.6 Å². The van der Waals surface area contributed by atoms with Crippen molar-refractivity contribution in [3.63, 3.8) is 0 Å². The van der Waals surface area contributed by atoms with Crippen molar-refractivity contribution in [2.75, 3.05) is 11.9 Å². The van der Waals surface area contributed by atoms with E-state index < -0.39 is 0 Å². The van der Waals surface area contributed by atoms with E-state index in [-0.39, 0.29) is 6.03 Å². The fraction of sp³-hybridized carbons (Fsp3) is 0.294. The lowest BCUT2D eigenvalue weighted by atomic mass is 10.3. The molecule has 2 aromatic rings.